The van der Waals surface area contributed by atoms with E-state index in [0.29, 0.717) is 5.95 Å². The third kappa shape index (κ3) is 3.13. The van der Waals surface area contributed by atoms with Crippen LogP contribution in [0.2, 0.25) is 0 Å². The number of hydrogen-bond donors (Lipinski definition) is 2. The van der Waals surface area contributed by atoms with Crippen molar-refractivity contribution in [3.8, 4) is 0 Å². The van der Waals surface area contributed by atoms with Crippen molar-refractivity contribution in [3.63, 3.8) is 0 Å². The number of rotatable bonds is 3. The van der Waals surface area contributed by atoms with Gasteiger partial charge in [0, 0.05) is 0 Å². The van der Waals surface area contributed by atoms with Crippen LogP contribution in [-0.2, 0) is 0 Å². The lowest BCUT2D eigenvalue weighted by atomic mass is 10.1. The van der Waals surface area contributed by atoms with Crippen molar-refractivity contribution >= 4 is 11.6 Å². The summed E-state index contributed by atoms with van der Waals surface area (Å²) in [7, 11) is 0. The van der Waals surface area contributed by atoms with Gasteiger partial charge in [0.05, 0.1) is 17.1 Å². The summed E-state index contributed by atoms with van der Waals surface area (Å²) in [5.41, 5.74) is -0.137. The Morgan fingerprint density at radius 2 is 1.94 bits per heavy atom. The summed E-state index contributed by atoms with van der Waals surface area (Å²) >= 11 is 0. The molecule has 1 aliphatic rings. The highest BCUT2D eigenvalue weighted by atomic mass is 16.6. The van der Waals surface area contributed by atoms with Gasteiger partial charge in [-0.05, 0) is 12.8 Å². The van der Waals surface area contributed by atoms with Crippen LogP contribution in [0.4, 0.5) is 11.6 Å². The molecule has 0 saturated heterocycles. The van der Waals surface area contributed by atoms with E-state index >= 15 is 0 Å². The number of hydrogen-bond acceptors (Lipinski definition) is 6. The highest BCUT2D eigenvalue weighted by Gasteiger charge is 2.22. The van der Waals surface area contributed by atoms with Crippen LogP contribution < -0.4 is 5.32 Å². The van der Waals surface area contributed by atoms with E-state index < -0.39 is 11.0 Å². The van der Waals surface area contributed by atoms with Crippen molar-refractivity contribution in [1.29, 1.82) is 0 Å². The average molecular weight is 252 g/mol. The summed E-state index contributed by atoms with van der Waals surface area (Å²) in [5.74, 6) is 0.326. The van der Waals surface area contributed by atoms with Gasteiger partial charge in [-0.3, -0.25) is 10.1 Å². The van der Waals surface area contributed by atoms with Crippen LogP contribution in [0.25, 0.3) is 0 Å². The zero-order valence-electron chi connectivity index (χ0n) is 9.95. The molecule has 98 valence electrons. The van der Waals surface area contributed by atoms with Crippen molar-refractivity contribution in [3.05, 3.63) is 22.5 Å². The lowest BCUT2D eigenvalue weighted by molar-refractivity contribution is -0.385. The topological polar surface area (TPSA) is 101 Å². The minimum atomic E-state index is -0.537. The standard InChI is InChI=1S/C11H16N4O3/c16-10-5-3-1-2-4-9(10)14-11-12-6-8(7-13-11)15(17)18/h6-7,9-10,16H,1-5H2,(H,12,13,14). The molecule has 0 aliphatic heterocycles. The molecule has 1 aliphatic carbocycles. The Morgan fingerprint density at radius 3 is 2.61 bits per heavy atom. The van der Waals surface area contributed by atoms with Crippen molar-refractivity contribution < 1.29 is 10.0 Å². The Bertz CT molecular complexity index is 409. The molecule has 18 heavy (non-hydrogen) atoms. The third-order valence-corrected chi connectivity index (χ3v) is 3.14. The van der Waals surface area contributed by atoms with E-state index in [1.807, 2.05) is 0 Å². The molecular weight excluding hydrogens is 236 g/mol. The molecule has 2 atom stereocenters. The molecule has 7 nitrogen and oxygen atoms in total. The molecule has 1 saturated carbocycles. The first-order valence-electron chi connectivity index (χ1n) is 6.08. The first kappa shape index (κ1) is 12.7. The molecule has 2 unspecified atom stereocenters. The number of nitro groups is 1. The monoisotopic (exact) mass is 252 g/mol. The van der Waals surface area contributed by atoms with E-state index in [1.54, 1.807) is 0 Å². The van der Waals surface area contributed by atoms with Gasteiger partial charge in [-0.2, -0.15) is 0 Å². The number of nitrogens with one attached hydrogen (secondary N) is 1. The van der Waals surface area contributed by atoms with E-state index in [0.717, 1.165) is 32.1 Å². The van der Waals surface area contributed by atoms with Gasteiger partial charge in [0.2, 0.25) is 5.95 Å². The molecule has 2 N–H and O–H groups in total. The highest BCUT2D eigenvalue weighted by Crippen LogP contribution is 2.20. The second-order valence-corrected chi connectivity index (χ2v) is 4.48. The molecule has 0 radical (unpaired) electrons. The van der Waals surface area contributed by atoms with Crippen LogP contribution in [0.3, 0.4) is 0 Å². The Kier molecular flexibility index (Phi) is 4.03. The van der Waals surface area contributed by atoms with Crippen molar-refractivity contribution in [2.24, 2.45) is 0 Å². The number of nitrogens with zero attached hydrogens (tertiary/aromatic N) is 3. The molecular formula is C11H16N4O3. The molecule has 1 fully saturated rings. The Balaban J connectivity index is 2.01. The van der Waals surface area contributed by atoms with Gasteiger partial charge < -0.3 is 10.4 Å². The van der Waals surface area contributed by atoms with Gasteiger partial charge >= 0.3 is 5.69 Å². The van der Waals surface area contributed by atoms with E-state index in [4.69, 9.17) is 0 Å². The Labute approximate surface area is 104 Å². The lowest BCUT2D eigenvalue weighted by Crippen LogP contribution is -2.33. The number of aliphatic hydroxyl groups excluding tert-OH is 1. The van der Waals surface area contributed by atoms with Crippen molar-refractivity contribution in [1.82, 2.24) is 9.97 Å². The van der Waals surface area contributed by atoms with Gasteiger partial charge in [-0.1, -0.05) is 19.3 Å². The van der Waals surface area contributed by atoms with Gasteiger partial charge in [-0.25, -0.2) is 9.97 Å². The summed E-state index contributed by atoms with van der Waals surface area (Å²) in [6.45, 7) is 0. The molecule has 2 rings (SSSR count). The maximum atomic E-state index is 10.5. The molecule has 7 heteroatoms. The zero-order chi connectivity index (χ0) is 13.0. The summed E-state index contributed by atoms with van der Waals surface area (Å²) in [4.78, 5) is 17.7. The molecule has 1 heterocycles. The van der Waals surface area contributed by atoms with Crippen LogP contribution in [0.15, 0.2) is 12.4 Å². The molecule has 0 spiro atoms. The quantitative estimate of drug-likeness (QED) is 0.480. The van der Waals surface area contributed by atoms with Crippen LogP contribution in [0, 0.1) is 10.1 Å². The van der Waals surface area contributed by atoms with E-state index in [-0.39, 0.29) is 11.7 Å². The number of aromatic nitrogens is 2. The second-order valence-electron chi connectivity index (χ2n) is 4.48. The SMILES string of the molecule is O=[N+]([O-])c1cnc(NC2CCCCCC2O)nc1. The van der Waals surface area contributed by atoms with Crippen LogP contribution >= 0.6 is 0 Å². The van der Waals surface area contributed by atoms with E-state index in [2.05, 4.69) is 15.3 Å². The van der Waals surface area contributed by atoms with Crippen LogP contribution in [0.1, 0.15) is 32.1 Å². The molecule has 0 amide bonds. The highest BCUT2D eigenvalue weighted by molar-refractivity contribution is 5.31. The Morgan fingerprint density at radius 1 is 1.28 bits per heavy atom. The predicted octanol–water partition coefficient (Wildman–Crippen LogP) is 1.49. The molecule has 1 aromatic rings. The molecule has 0 aromatic carbocycles. The summed E-state index contributed by atoms with van der Waals surface area (Å²) in [6.07, 6.45) is 6.76. The normalized spacial score (nSPS) is 24.3. The van der Waals surface area contributed by atoms with E-state index in [9.17, 15) is 15.2 Å². The largest absolute Gasteiger partial charge is 0.391 e. The first-order chi connectivity index (χ1) is 8.66. The minimum Gasteiger partial charge on any atom is -0.391 e. The number of anilines is 1. The van der Waals surface area contributed by atoms with Gasteiger partial charge in [0.1, 0.15) is 12.4 Å². The molecule has 0 bridgehead atoms. The maximum Gasteiger partial charge on any atom is 0.305 e. The average Bonchev–Trinajstić information content (AvgIpc) is 2.56. The van der Waals surface area contributed by atoms with Crippen molar-refractivity contribution in [2.75, 3.05) is 5.32 Å². The zero-order valence-corrected chi connectivity index (χ0v) is 9.95. The summed E-state index contributed by atoms with van der Waals surface area (Å²) in [6, 6.07) is -0.0750. The van der Waals surface area contributed by atoms with Crippen LogP contribution in [-0.4, -0.2) is 32.1 Å². The minimum absolute atomic E-state index is 0.0750. The lowest BCUT2D eigenvalue weighted by Gasteiger charge is -2.21. The fraction of sp³-hybridized carbons (Fsp3) is 0.636. The molecule has 1 aromatic heterocycles. The van der Waals surface area contributed by atoms with Crippen LogP contribution in [0.5, 0.6) is 0 Å². The Hall–Kier alpha value is -1.76. The smallest absolute Gasteiger partial charge is 0.305 e. The second kappa shape index (κ2) is 5.72. The fourth-order valence-electron chi connectivity index (χ4n) is 2.11. The predicted molar refractivity (Wildman–Crippen MR) is 65.2 cm³/mol. The van der Waals surface area contributed by atoms with Gasteiger partial charge in [0.25, 0.3) is 0 Å². The van der Waals surface area contributed by atoms with E-state index in [1.165, 1.54) is 12.4 Å². The van der Waals surface area contributed by atoms with Gasteiger partial charge in [-0.15, -0.1) is 0 Å². The maximum absolute atomic E-state index is 10.5. The van der Waals surface area contributed by atoms with Gasteiger partial charge in [0.15, 0.2) is 0 Å². The fourth-order valence-corrected chi connectivity index (χ4v) is 2.11. The van der Waals surface area contributed by atoms with Crippen molar-refractivity contribution in [2.45, 2.75) is 44.2 Å². The third-order valence-electron chi connectivity index (χ3n) is 3.14. The number of aliphatic hydroxyl groups is 1. The first-order valence-corrected chi connectivity index (χ1v) is 6.08. The summed E-state index contributed by atoms with van der Waals surface area (Å²) in [5, 5.41) is 23.4. The summed E-state index contributed by atoms with van der Waals surface area (Å²) < 4.78 is 0.